The van der Waals surface area contributed by atoms with Gasteiger partial charge in [-0.15, -0.1) is 0 Å². The number of halogens is 1. The Morgan fingerprint density at radius 1 is 1.21 bits per heavy atom. The molecule has 0 saturated heterocycles. The van der Waals surface area contributed by atoms with Crippen LogP contribution in [0.3, 0.4) is 0 Å². The van der Waals surface area contributed by atoms with Crippen molar-refractivity contribution in [2.75, 3.05) is 6.61 Å². The lowest BCUT2D eigenvalue weighted by Gasteiger charge is -2.19. The molecule has 3 rings (SSSR count). The Balaban J connectivity index is 1.88. The minimum absolute atomic E-state index is 0.409. The van der Waals surface area contributed by atoms with Crippen molar-refractivity contribution < 1.29 is 23.4 Å². The number of para-hydroxylation sites is 1. The molecule has 152 valence electrons. The standard InChI is InChI=1S/C20H21IN2O5P/c1-5-26-16-8-6-7-9-17(16)29(25)28-13-10-11-15-14(12-13)18(21)22-23(15)19(24)27-20(2,3)4/h6-12H,5H2,1-4H3/q+1. The second-order valence-corrected chi connectivity index (χ2v) is 9.31. The summed E-state index contributed by atoms with van der Waals surface area (Å²) in [4.78, 5) is 12.4. The van der Waals surface area contributed by atoms with E-state index in [9.17, 15) is 9.36 Å². The predicted octanol–water partition coefficient (Wildman–Crippen LogP) is 5.27. The highest BCUT2D eigenvalue weighted by molar-refractivity contribution is 14.1. The van der Waals surface area contributed by atoms with Crippen molar-refractivity contribution in [3.8, 4) is 11.5 Å². The van der Waals surface area contributed by atoms with Crippen molar-refractivity contribution in [1.29, 1.82) is 0 Å². The number of ether oxygens (including phenoxy) is 2. The van der Waals surface area contributed by atoms with Crippen LogP contribution in [0.2, 0.25) is 0 Å². The fourth-order valence-corrected chi connectivity index (χ4v) is 4.17. The number of fused-ring (bicyclic) bond motifs is 1. The lowest BCUT2D eigenvalue weighted by atomic mass is 10.2. The monoisotopic (exact) mass is 527 g/mol. The molecule has 2 aromatic carbocycles. The van der Waals surface area contributed by atoms with Crippen LogP contribution in [0.15, 0.2) is 42.5 Å². The van der Waals surface area contributed by atoms with E-state index in [2.05, 4.69) is 5.10 Å². The number of rotatable bonds is 5. The lowest BCUT2D eigenvalue weighted by molar-refractivity contribution is 0.0522. The fourth-order valence-electron chi connectivity index (χ4n) is 2.59. The van der Waals surface area contributed by atoms with E-state index < -0.39 is 19.7 Å². The lowest BCUT2D eigenvalue weighted by Crippen LogP contribution is -2.27. The Kier molecular flexibility index (Phi) is 6.43. The summed E-state index contributed by atoms with van der Waals surface area (Å²) in [7, 11) is -2.17. The summed E-state index contributed by atoms with van der Waals surface area (Å²) < 4.78 is 31.2. The van der Waals surface area contributed by atoms with E-state index in [4.69, 9.17) is 14.0 Å². The molecule has 7 nitrogen and oxygen atoms in total. The molecule has 1 heterocycles. The van der Waals surface area contributed by atoms with Gasteiger partial charge in [0.2, 0.25) is 0 Å². The maximum atomic E-state index is 12.7. The average Bonchev–Trinajstić information content (AvgIpc) is 2.97. The maximum Gasteiger partial charge on any atom is 0.601 e. The third-order valence-electron chi connectivity index (χ3n) is 3.72. The first kappa shape index (κ1) is 21.5. The van der Waals surface area contributed by atoms with Gasteiger partial charge in [-0.1, -0.05) is 12.1 Å². The summed E-state index contributed by atoms with van der Waals surface area (Å²) in [5, 5.41) is 5.46. The number of benzene rings is 2. The highest BCUT2D eigenvalue weighted by Crippen LogP contribution is 2.33. The number of nitrogens with zero attached hydrogens (tertiary/aromatic N) is 2. The molecule has 0 fully saturated rings. The molecule has 0 bridgehead atoms. The van der Waals surface area contributed by atoms with E-state index in [0.29, 0.717) is 38.0 Å². The van der Waals surface area contributed by atoms with Gasteiger partial charge in [-0.3, -0.25) is 4.52 Å². The van der Waals surface area contributed by atoms with Gasteiger partial charge in [0.15, 0.2) is 11.5 Å². The Labute approximate surface area is 183 Å². The smallest absolute Gasteiger partial charge is 0.489 e. The first-order chi connectivity index (χ1) is 13.7. The van der Waals surface area contributed by atoms with E-state index in [-0.39, 0.29) is 0 Å². The molecule has 0 aliphatic rings. The second-order valence-electron chi connectivity index (χ2n) is 7.11. The molecule has 1 aromatic heterocycles. The Bertz CT molecular complexity index is 1070. The molecule has 3 aromatic rings. The average molecular weight is 527 g/mol. The Morgan fingerprint density at radius 3 is 2.62 bits per heavy atom. The molecule has 0 amide bonds. The van der Waals surface area contributed by atoms with Gasteiger partial charge >= 0.3 is 14.1 Å². The van der Waals surface area contributed by atoms with Crippen LogP contribution in [0.25, 0.3) is 10.9 Å². The summed E-state index contributed by atoms with van der Waals surface area (Å²) in [6.07, 6.45) is -0.559. The minimum Gasteiger partial charge on any atom is -0.489 e. The molecule has 0 saturated carbocycles. The maximum absolute atomic E-state index is 12.7. The van der Waals surface area contributed by atoms with Crippen LogP contribution >= 0.6 is 30.6 Å². The van der Waals surface area contributed by atoms with Crippen molar-refractivity contribution in [2.45, 2.75) is 33.3 Å². The Hall–Kier alpha value is -2.19. The predicted molar refractivity (Wildman–Crippen MR) is 120 cm³/mol. The number of hydrogen-bond donors (Lipinski definition) is 0. The molecule has 0 spiro atoms. The molecule has 29 heavy (non-hydrogen) atoms. The van der Waals surface area contributed by atoms with E-state index in [1.165, 1.54) is 4.68 Å². The summed E-state index contributed by atoms with van der Waals surface area (Å²) in [6, 6.07) is 12.1. The summed E-state index contributed by atoms with van der Waals surface area (Å²) in [5.74, 6) is 0.941. The Morgan fingerprint density at radius 2 is 1.93 bits per heavy atom. The van der Waals surface area contributed by atoms with Gasteiger partial charge < -0.3 is 9.47 Å². The molecule has 0 radical (unpaired) electrons. The molecule has 0 aliphatic heterocycles. The zero-order chi connectivity index (χ0) is 21.2. The third kappa shape index (κ3) is 5.05. The van der Waals surface area contributed by atoms with Crippen LogP contribution in [0.1, 0.15) is 27.7 Å². The van der Waals surface area contributed by atoms with E-state index in [1.807, 2.05) is 35.6 Å². The van der Waals surface area contributed by atoms with Crippen molar-refractivity contribution in [3.63, 3.8) is 0 Å². The third-order valence-corrected chi connectivity index (χ3v) is 5.66. The van der Waals surface area contributed by atoms with Crippen LogP contribution in [0.4, 0.5) is 4.79 Å². The van der Waals surface area contributed by atoms with E-state index >= 15 is 0 Å². The van der Waals surface area contributed by atoms with Crippen LogP contribution in [-0.2, 0) is 9.30 Å². The topological polar surface area (TPSA) is 79.7 Å². The highest BCUT2D eigenvalue weighted by atomic mass is 127. The molecule has 1 unspecified atom stereocenters. The van der Waals surface area contributed by atoms with Gasteiger partial charge in [-0.05, 0) is 85.2 Å². The molecule has 0 aliphatic carbocycles. The van der Waals surface area contributed by atoms with Crippen LogP contribution in [-0.4, -0.2) is 28.1 Å². The fraction of sp³-hybridized carbons (Fsp3) is 0.300. The number of carbonyl (C=O) groups is 1. The van der Waals surface area contributed by atoms with Gasteiger partial charge in [0, 0.05) is 5.39 Å². The number of hydrogen-bond acceptors (Lipinski definition) is 6. The molecular formula is C20H21IN2O5P+. The molecule has 9 heteroatoms. The zero-order valence-electron chi connectivity index (χ0n) is 16.5. The van der Waals surface area contributed by atoms with Gasteiger partial charge in [-0.2, -0.15) is 9.78 Å². The normalized spacial score (nSPS) is 12.0. The SMILES string of the molecule is CCOc1ccccc1[P+](=O)Oc1ccc2c(c1)c(I)nn2C(=O)OC(C)(C)C. The largest absolute Gasteiger partial charge is 0.601 e. The van der Waals surface area contributed by atoms with Crippen molar-refractivity contribution >= 4 is 52.9 Å². The number of aromatic nitrogens is 2. The quantitative estimate of drug-likeness (QED) is 0.333. The van der Waals surface area contributed by atoms with Crippen molar-refractivity contribution in [2.24, 2.45) is 0 Å². The van der Waals surface area contributed by atoms with Gasteiger partial charge in [-0.25, -0.2) is 4.79 Å². The van der Waals surface area contributed by atoms with E-state index in [1.54, 1.807) is 57.2 Å². The summed E-state index contributed by atoms with van der Waals surface area (Å²) in [6.45, 7) is 7.72. The molecule has 0 N–H and O–H groups in total. The van der Waals surface area contributed by atoms with Crippen LogP contribution in [0, 0.1) is 3.70 Å². The molecule has 1 atom stereocenters. The zero-order valence-corrected chi connectivity index (χ0v) is 19.6. The minimum atomic E-state index is -2.17. The van der Waals surface area contributed by atoms with Gasteiger partial charge in [0.05, 0.1) is 12.1 Å². The van der Waals surface area contributed by atoms with Crippen molar-refractivity contribution in [3.05, 3.63) is 46.2 Å². The first-order valence-corrected chi connectivity index (χ1v) is 11.2. The van der Waals surface area contributed by atoms with Crippen LogP contribution in [0.5, 0.6) is 11.5 Å². The summed E-state index contributed by atoms with van der Waals surface area (Å²) >= 11 is 2.04. The first-order valence-electron chi connectivity index (χ1n) is 8.98. The van der Waals surface area contributed by atoms with Crippen molar-refractivity contribution in [1.82, 2.24) is 9.78 Å². The molecular weight excluding hydrogens is 506 g/mol. The van der Waals surface area contributed by atoms with Gasteiger partial charge in [0.1, 0.15) is 9.30 Å². The van der Waals surface area contributed by atoms with E-state index in [0.717, 1.165) is 0 Å². The number of carbonyl (C=O) groups excluding carboxylic acids is 1. The van der Waals surface area contributed by atoms with Gasteiger partial charge in [0.25, 0.3) is 5.30 Å². The second kappa shape index (κ2) is 8.67. The summed E-state index contributed by atoms with van der Waals surface area (Å²) in [5.41, 5.74) is -0.0446. The van der Waals surface area contributed by atoms with Crippen LogP contribution < -0.4 is 14.6 Å². The highest BCUT2D eigenvalue weighted by Gasteiger charge is 2.29.